The number of rotatable bonds is 10. The Balaban J connectivity index is 1.39. The van der Waals surface area contributed by atoms with Crippen LogP contribution in [0.2, 0.25) is 0 Å². The summed E-state index contributed by atoms with van der Waals surface area (Å²) in [6.45, 7) is 8.02. The number of carbonyl (C=O) groups excluding carboxylic acids is 1. The summed E-state index contributed by atoms with van der Waals surface area (Å²) in [6.07, 6.45) is 1.80. The molecule has 0 bridgehead atoms. The van der Waals surface area contributed by atoms with Crippen LogP contribution in [0, 0.1) is 7.14 Å². The Kier molecular flexibility index (Phi) is 10.8. The van der Waals surface area contributed by atoms with Gasteiger partial charge in [-0.15, -0.1) is 0 Å². The molecule has 1 aliphatic heterocycles. The van der Waals surface area contributed by atoms with Gasteiger partial charge in [0.1, 0.15) is 12.4 Å². The predicted molar refractivity (Wildman–Crippen MR) is 209 cm³/mol. The molecular formula is C38H34I2N2O6S. The van der Waals surface area contributed by atoms with Crippen LogP contribution in [0.3, 0.4) is 0 Å². The highest BCUT2D eigenvalue weighted by Gasteiger charge is 2.34. The number of hydrogen-bond donors (Lipinski definition) is 0. The van der Waals surface area contributed by atoms with Crippen LogP contribution >= 0.6 is 56.5 Å². The van der Waals surface area contributed by atoms with E-state index in [1.807, 2.05) is 56.3 Å². The standard InChI is InChI=1S/C38H34I2N2O6S/c1-6-46-37(44)33-22(4)41-38-42(34(33)25-14-15-30(48-21(2)3)31(19-25)45-5)36(43)32(49-38)18-23-16-28(39)35(29(40)17-23)47-20-26-12-9-11-24-10-7-8-13-27(24)26/h7-19,21,34H,6,20H2,1-5H3/b32-18-/t34-/m1/s1. The van der Waals surface area contributed by atoms with E-state index < -0.39 is 12.0 Å². The first-order chi connectivity index (χ1) is 23.6. The Morgan fingerprint density at radius 1 is 1.02 bits per heavy atom. The molecule has 0 saturated carbocycles. The maximum atomic E-state index is 14.2. The van der Waals surface area contributed by atoms with E-state index in [2.05, 4.69) is 69.4 Å². The van der Waals surface area contributed by atoms with E-state index in [4.69, 9.17) is 23.9 Å². The second-order valence-corrected chi connectivity index (χ2v) is 15.0. The number of allylic oxidation sites excluding steroid dienone is 1. The molecule has 5 aromatic rings. The minimum Gasteiger partial charge on any atom is -0.493 e. The molecule has 4 aromatic carbocycles. The average Bonchev–Trinajstić information content (AvgIpc) is 3.37. The molecule has 11 heteroatoms. The molecule has 49 heavy (non-hydrogen) atoms. The molecule has 0 spiro atoms. The normalized spacial score (nSPS) is 14.5. The van der Waals surface area contributed by atoms with E-state index in [1.54, 1.807) is 37.7 Å². The number of ether oxygens (including phenoxy) is 4. The Bertz CT molecular complexity index is 2260. The molecule has 0 radical (unpaired) electrons. The molecule has 1 aliphatic rings. The van der Waals surface area contributed by atoms with Gasteiger partial charge in [-0.25, -0.2) is 9.79 Å². The van der Waals surface area contributed by atoms with Gasteiger partial charge in [0.25, 0.3) is 5.56 Å². The lowest BCUT2D eigenvalue weighted by molar-refractivity contribution is -0.139. The van der Waals surface area contributed by atoms with Gasteiger partial charge in [0.2, 0.25) is 0 Å². The summed E-state index contributed by atoms with van der Waals surface area (Å²) < 4.78 is 27.3. The third-order valence-corrected chi connectivity index (χ3v) is 10.5. The van der Waals surface area contributed by atoms with Crippen molar-refractivity contribution in [1.82, 2.24) is 4.57 Å². The average molecular weight is 901 g/mol. The van der Waals surface area contributed by atoms with Gasteiger partial charge < -0.3 is 18.9 Å². The third-order valence-electron chi connectivity index (χ3n) is 7.95. The monoisotopic (exact) mass is 900 g/mol. The highest BCUT2D eigenvalue weighted by Crippen LogP contribution is 2.37. The first-order valence-electron chi connectivity index (χ1n) is 15.7. The molecule has 0 fully saturated rings. The number of aromatic nitrogens is 1. The van der Waals surface area contributed by atoms with Crippen molar-refractivity contribution in [2.24, 2.45) is 4.99 Å². The summed E-state index contributed by atoms with van der Waals surface area (Å²) in [5.74, 6) is 1.34. The lowest BCUT2D eigenvalue weighted by atomic mass is 9.95. The maximum absolute atomic E-state index is 14.2. The summed E-state index contributed by atoms with van der Waals surface area (Å²) in [4.78, 5) is 32.8. The molecule has 0 unspecified atom stereocenters. The molecule has 6 rings (SSSR count). The number of halogens is 2. The van der Waals surface area contributed by atoms with Crippen molar-refractivity contribution in [1.29, 1.82) is 0 Å². The first kappa shape index (κ1) is 35.1. The van der Waals surface area contributed by atoms with E-state index >= 15 is 0 Å². The zero-order valence-electron chi connectivity index (χ0n) is 27.6. The van der Waals surface area contributed by atoms with Crippen molar-refractivity contribution in [3.63, 3.8) is 0 Å². The molecule has 0 aliphatic carbocycles. The van der Waals surface area contributed by atoms with E-state index in [-0.39, 0.29) is 18.3 Å². The van der Waals surface area contributed by atoms with Gasteiger partial charge >= 0.3 is 5.97 Å². The molecule has 1 atom stereocenters. The van der Waals surface area contributed by atoms with E-state index in [1.165, 1.54) is 22.1 Å². The Morgan fingerprint density at radius 3 is 2.47 bits per heavy atom. The smallest absolute Gasteiger partial charge is 0.338 e. The number of nitrogens with zero attached hydrogens (tertiary/aromatic N) is 2. The number of esters is 1. The van der Waals surface area contributed by atoms with Crippen molar-refractivity contribution < 1.29 is 23.7 Å². The van der Waals surface area contributed by atoms with Crippen LogP contribution in [0.4, 0.5) is 0 Å². The quantitative estimate of drug-likeness (QED) is 0.107. The van der Waals surface area contributed by atoms with Crippen molar-refractivity contribution in [3.05, 3.63) is 128 Å². The SMILES string of the molecule is CCOC(=O)C1=C(C)N=c2s/c(=C\c3cc(I)c(OCc4cccc5ccccc45)c(I)c3)c(=O)n2[C@@H]1c1ccc(OC(C)C)c(OC)c1. The number of hydrogen-bond acceptors (Lipinski definition) is 8. The second kappa shape index (κ2) is 15.1. The lowest BCUT2D eigenvalue weighted by Gasteiger charge is -2.25. The number of carbonyl (C=O) groups is 1. The van der Waals surface area contributed by atoms with Crippen LogP contribution in [0.15, 0.2) is 93.9 Å². The zero-order chi connectivity index (χ0) is 34.8. The molecule has 0 saturated heterocycles. The Hall–Kier alpha value is -3.69. The second-order valence-electron chi connectivity index (χ2n) is 11.6. The minimum atomic E-state index is -0.774. The highest BCUT2D eigenvalue weighted by molar-refractivity contribution is 14.1. The van der Waals surface area contributed by atoms with Crippen LogP contribution in [0.5, 0.6) is 17.2 Å². The summed E-state index contributed by atoms with van der Waals surface area (Å²) in [7, 11) is 1.56. The number of benzene rings is 4. The van der Waals surface area contributed by atoms with Crippen LogP contribution in [0.25, 0.3) is 16.8 Å². The van der Waals surface area contributed by atoms with Crippen molar-refractivity contribution in [2.45, 2.75) is 46.4 Å². The number of thiazole rings is 1. The van der Waals surface area contributed by atoms with Crippen LogP contribution in [-0.2, 0) is 16.1 Å². The summed E-state index contributed by atoms with van der Waals surface area (Å²) in [5, 5.41) is 2.34. The molecule has 0 amide bonds. The fraction of sp³-hybridized carbons (Fsp3) is 0.237. The fourth-order valence-corrected chi connectivity index (χ4v) is 9.01. The van der Waals surface area contributed by atoms with E-state index in [0.717, 1.165) is 24.0 Å². The van der Waals surface area contributed by atoms with Crippen LogP contribution in [0.1, 0.15) is 50.4 Å². The molecule has 252 valence electrons. The van der Waals surface area contributed by atoms with Gasteiger partial charge in [-0.3, -0.25) is 9.36 Å². The van der Waals surface area contributed by atoms with Crippen molar-refractivity contribution >= 4 is 79.3 Å². The van der Waals surface area contributed by atoms with Crippen LogP contribution in [-0.4, -0.2) is 30.4 Å². The Morgan fingerprint density at radius 2 is 1.76 bits per heavy atom. The molecular weight excluding hydrogens is 866 g/mol. The minimum absolute atomic E-state index is 0.0642. The molecule has 2 heterocycles. The molecule has 8 nitrogen and oxygen atoms in total. The summed E-state index contributed by atoms with van der Waals surface area (Å²) >= 11 is 5.84. The number of fused-ring (bicyclic) bond motifs is 2. The fourth-order valence-electron chi connectivity index (χ4n) is 5.83. The highest BCUT2D eigenvalue weighted by atomic mass is 127. The van der Waals surface area contributed by atoms with Crippen molar-refractivity contribution in [2.75, 3.05) is 13.7 Å². The van der Waals surface area contributed by atoms with Crippen molar-refractivity contribution in [3.8, 4) is 17.2 Å². The topological polar surface area (TPSA) is 88.4 Å². The predicted octanol–water partition coefficient (Wildman–Crippen LogP) is 7.54. The number of methoxy groups -OCH3 is 1. The maximum Gasteiger partial charge on any atom is 0.338 e. The largest absolute Gasteiger partial charge is 0.493 e. The van der Waals surface area contributed by atoms with Gasteiger partial charge in [-0.05, 0) is 131 Å². The lowest BCUT2D eigenvalue weighted by Crippen LogP contribution is -2.40. The van der Waals surface area contributed by atoms with E-state index in [9.17, 15) is 9.59 Å². The van der Waals surface area contributed by atoms with Gasteiger partial charge in [0, 0.05) is 0 Å². The van der Waals surface area contributed by atoms with Gasteiger partial charge in [0.15, 0.2) is 16.3 Å². The summed E-state index contributed by atoms with van der Waals surface area (Å²) in [6, 6.07) is 23.2. The van der Waals surface area contributed by atoms with Gasteiger partial charge in [0.05, 0.1) is 48.8 Å². The summed E-state index contributed by atoms with van der Waals surface area (Å²) in [5.41, 5.74) is 3.18. The Labute approximate surface area is 315 Å². The third kappa shape index (κ3) is 7.29. The van der Waals surface area contributed by atoms with Gasteiger partial charge in [-0.1, -0.05) is 59.9 Å². The van der Waals surface area contributed by atoms with E-state index in [0.29, 0.717) is 44.3 Å². The zero-order valence-corrected chi connectivity index (χ0v) is 32.7. The molecule has 1 aromatic heterocycles. The molecule has 0 N–H and O–H groups in total. The van der Waals surface area contributed by atoms with Crippen LogP contribution < -0.4 is 29.1 Å². The van der Waals surface area contributed by atoms with Gasteiger partial charge in [-0.2, -0.15) is 0 Å². The first-order valence-corrected chi connectivity index (χ1v) is 18.7.